The molecule has 0 unspecified atom stereocenters. The number of rotatable bonds is 8. The van der Waals surface area contributed by atoms with Crippen molar-refractivity contribution >= 4 is 33.1 Å². The molecule has 0 atom stereocenters. The Bertz CT molecular complexity index is 434. The van der Waals surface area contributed by atoms with Gasteiger partial charge in [0.25, 0.3) is 10.2 Å². The molecule has 1 heterocycles. The van der Waals surface area contributed by atoms with Crippen molar-refractivity contribution in [3.05, 3.63) is 22.4 Å². The lowest BCUT2D eigenvalue weighted by atomic mass is 10.4. The van der Waals surface area contributed by atoms with Gasteiger partial charge in [-0.1, -0.05) is 13.0 Å². The van der Waals surface area contributed by atoms with Crippen LogP contribution in [0.15, 0.2) is 17.5 Å². The van der Waals surface area contributed by atoms with Crippen molar-refractivity contribution in [2.24, 2.45) is 0 Å². The molecule has 0 amide bonds. The normalized spacial score (nSPS) is 12.5. The molecule has 1 aromatic rings. The fourth-order valence-electron chi connectivity index (χ4n) is 1.53. The van der Waals surface area contributed by atoms with Crippen molar-refractivity contribution in [3.63, 3.8) is 0 Å². The van der Waals surface area contributed by atoms with E-state index in [0.717, 1.165) is 4.88 Å². The average Bonchev–Trinajstić information content (AvgIpc) is 2.85. The van der Waals surface area contributed by atoms with E-state index in [0.29, 0.717) is 31.9 Å². The fourth-order valence-corrected chi connectivity index (χ4v) is 3.83. The quantitative estimate of drug-likeness (QED) is 0.692. The van der Waals surface area contributed by atoms with Crippen molar-refractivity contribution in [1.29, 1.82) is 0 Å². The van der Waals surface area contributed by atoms with Gasteiger partial charge in [-0.2, -0.15) is 17.0 Å². The second kappa shape index (κ2) is 7.45. The van der Waals surface area contributed by atoms with Gasteiger partial charge in [-0.15, -0.1) is 22.9 Å². The Morgan fingerprint density at radius 2 is 2.17 bits per heavy atom. The molecule has 0 fully saturated rings. The van der Waals surface area contributed by atoms with E-state index >= 15 is 0 Å². The van der Waals surface area contributed by atoms with Gasteiger partial charge in [-0.05, 0) is 17.9 Å². The molecular formula is C11H19ClN2O2S2. The molecule has 0 N–H and O–H groups in total. The maximum Gasteiger partial charge on any atom is 0.282 e. The van der Waals surface area contributed by atoms with E-state index in [1.165, 1.54) is 8.61 Å². The molecule has 0 aromatic carbocycles. The predicted octanol–water partition coefficient (Wildman–Crippen LogP) is 2.38. The molecule has 0 aliphatic rings. The molecule has 7 heteroatoms. The highest BCUT2D eigenvalue weighted by Crippen LogP contribution is 2.16. The molecule has 104 valence electrons. The summed E-state index contributed by atoms with van der Waals surface area (Å²) >= 11 is 7.16. The summed E-state index contributed by atoms with van der Waals surface area (Å²) in [5.74, 6) is 0.469. The lowest BCUT2D eigenvalue weighted by Crippen LogP contribution is -2.41. The third kappa shape index (κ3) is 4.20. The van der Waals surface area contributed by atoms with Crippen LogP contribution in [0.5, 0.6) is 0 Å². The van der Waals surface area contributed by atoms with Crippen LogP contribution in [0.4, 0.5) is 0 Å². The van der Waals surface area contributed by atoms with Gasteiger partial charge in [-0.25, -0.2) is 0 Å². The molecule has 4 nitrogen and oxygen atoms in total. The summed E-state index contributed by atoms with van der Waals surface area (Å²) < 4.78 is 27.5. The van der Waals surface area contributed by atoms with Gasteiger partial charge in [0.1, 0.15) is 0 Å². The van der Waals surface area contributed by atoms with Crippen molar-refractivity contribution in [3.8, 4) is 0 Å². The summed E-state index contributed by atoms with van der Waals surface area (Å²) in [6.07, 6.45) is 0.661. The van der Waals surface area contributed by atoms with Gasteiger partial charge in [0.15, 0.2) is 0 Å². The summed E-state index contributed by atoms with van der Waals surface area (Å²) in [6.45, 7) is 3.19. The fraction of sp³-hybridized carbons (Fsp3) is 0.636. The van der Waals surface area contributed by atoms with E-state index < -0.39 is 10.2 Å². The first-order valence-corrected chi connectivity index (χ1v) is 8.63. The maximum absolute atomic E-state index is 12.3. The predicted molar refractivity (Wildman–Crippen MR) is 77.3 cm³/mol. The van der Waals surface area contributed by atoms with Crippen LogP contribution in [0.2, 0.25) is 0 Å². The molecule has 18 heavy (non-hydrogen) atoms. The van der Waals surface area contributed by atoms with Crippen LogP contribution in [0.1, 0.15) is 18.2 Å². The van der Waals surface area contributed by atoms with Crippen LogP contribution < -0.4 is 0 Å². The van der Waals surface area contributed by atoms with Crippen LogP contribution in [0.25, 0.3) is 0 Å². The number of hydrogen-bond donors (Lipinski definition) is 0. The SMILES string of the molecule is CCN(Cc1cccs1)S(=O)(=O)N(C)CCCCl. The number of nitrogens with zero attached hydrogens (tertiary/aromatic N) is 2. The maximum atomic E-state index is 12.3. The highest BCUT2D eigenvalue weighted by atomic mass is 35.5. The minimum absolute atomic E-state index is 0.432. The largest absolute Gasteiger partial charge is 0.282 e. The first-order chi connectivity index (χ1) is 8.52. The topological polar surface area (TPSA) is 40.6 Å². The van der Waals surface area contributed by atoms with Crippen LogP contribution in [0, 0.1) is 0 Å². The molecule has 1 aromatic heterocycles. The van der Waals surface area contributed by atoms with Gasteiger partial charge >= 0.3 is 0 Å². The van der Waals surface area contributed by atoms with E-state index in [1.54, 1.807) is 18.4 Å². The van der Waals surface area contributed by atoms with Crippen LogP contribution in [0.3, 0.4) is 0 Å². The third-order valence-corrected chi connectivity index (χ3v) is 5.73. The molecule has 0 spiro atoms. The first-order valence-electron chi connectivity index (χ1n) is 5.82. The number of thiophene rings is 1. The average molecular weight is 311 g/mol. The molecule has 0 aliphatic heterocycles. The molecule has 0 saturated carbocycles. The highest BCUT2D eigenvalue weighted by molar-refractivity contribution is 7.86. The number of hydrogen-bond acceptors (Lipinski definition) is 3. The van der Waals surface area contributed by atoms with Gasteiger partial charge in [-0.3, -0.25) is 0 Å². The van der Waals surface area contributed by atoms with E-state index in [-0.39, 0.29) is 0 Å². The molecule has 0 bridgehead atoms. The smallest absolute Gasteiger partial charge is 0.195 e. The zero-order chi connectivity index (χ0) is 13.6. The van der Waals surface area contributed by atoms with E-state index in [2.05, 4.69) is 0 Å². The van der Waals surface area contributed by atoms with Gasteiger partial charge in [0.2, 0.25) is 0 Å². The Kier molecular flexibility index (Phi) is 6.59. The molecular weight excluding hydrogens is 292 g/mol. The second-order valence-electron chi connectivity index (χ2n) is 3.88. The Hall–Kier alpha value is -0.140. The Balaban J connectivity index is 2.73. The van der Waals surface area contributed by atoms with Crippen molar-refractivity contribution in [2.75, 3.05) is 26.0 Å². The van der Waals surface area contributed by atoms with Crippen molar-refractivity contribution in [2.45, 2.75) is 19.9 Å². The minimum atomic E-state index is -3.38. The summed E-state index contributed by atoms with van der Waals surface area (Å²) in [4.78, 5) is 1.05. The summed E-state index contributed by atoms with van der Waals surface area (Å²) in [6, 6.07) is 3.87. The van der Waals surface area contributed by atoms with Gasteiger partial charge in [0, 0.05) is 37.4 Å². The Labute approximate surface area is 118 Å². The van der Waals surface area contributed by atoms with Crippen molar-refractivity contribution in [1.82, 2.24) is 8.61 Å². The number of alkyl halides is 1. The molecule has 0 aliphatic carbocycles. The monoisotopic (exact) mass is 310 g/mol. The Morgan fingerprint density at radius 3 is 2.67 bits per heavy atom. The highest BCUT2D eigenvalue weighted by Gasteiger charge is 2.25. The zero-order valence-electron chi connectivity index (χ0n) is 10.7. The first kappa shape index (κ1) is 15.9. The zero-order valence-corrected chi connectivity index (χ0v) is 13.1. The van der Waals surface area contributed by atoms with Gasteiger partial charge in [0.05, 0.1) is 0 Å². The van der Waals surface area contributed by atoms with Crippen LogP contribution in [-0.4, -0.2) is 43.0 Å². The standard InChI is InChI=1S/C11H19ClN2O2S2/c1-3-14(10-11-6-4-9-17-11)18(15,16)13(2)8-5-7-12/h4,6,9H,3,5,7-8,10H2,1-2H3. The second-order valence-corrected chi connectivity index (χ2v) is 7.32. The lowest BCUT2D eigenvalue weighted by Gasteiger charge is -2.26. The summed E-state index contributed by atoms with van der Waals surface area (Å²) in [7, 11) is -1.79. The van der Waals surface area contributed by atoms with E-state index in [1.807, 2.05) is 24.4 Å². The van der Waals surface area contributed by atoms with E-state index in [4.69, 9.17) is 11.6 Å². The summed E-state index contributed by atoms with van der Waals surface area (Å²) in [5, 5.41) is 1.95. The van der Waals surface area contributed by atoms with Crippen molar-refractivity contribution < 1.29 is 8.42 Å². The Morgan fingerprint density at radius 1 is 1.44 bits per heavy atom. The van der Waals surface area contributed by atoms with E-state index in [9.17, 15) is 8.42 Å². The minimum Gasteiger partial charge on any atom is -0.195 e. The van der Waals surface area contributed by atoms with Crippen LogP contribution >= 0.6 is 22.9 Å². The molecule has 1 rings (SSSR count). The van der Waals surface area contributed by atoms with Gasteiger partial charge < -0.3 is 0 Å². The van der Waals surface area contributed by atoms with Crippen LogP contribution in [-0.2, 0) is 16.8 Å². The molecule has 0 saturated heterocycles. The molecule has 0 radical (unpaired) electrons. The summed E-state index contributed by atoms with van der Waals surface area (Å²) in [5.41, 5.74) is 0. The lowest BCUT2D eigenvalue weighted by molar-refractivity contribution is 0.366. The number of halogens is 1. The third-order valence-electron chi connectivity index (χ3n) is 2.59.